The summed E-state index contributed by atoms with van der Waals surface area (Å²) in [4.78, 5) is 5.35. The van der Waals surface area contributed by atoms with Gasteiger partial charge in [0.15, 0.2) is 0 Å². The molecule has 0 aliphatic carbocycles. The smallest absolute Gasteiger partial charge is 0.126 e. The number of benzene rings is 1. The quantitative estimate of drug-likeness (QED) is 0.893. The molecule has 2 nitrogen and oxygen atoms in total. The maximum absolute atomic E-state index is 6.14. The summed E-state index contributed by atoms with van der Waals surface area (Å²) in [7, 11) is 0. The summed E-state index contributed by atoms with van der Waals surface area (Å²) < 4.78 is 0. The molecule has 0 aliphatic rings. The van der Waals surface area contributed by atoms with Gasteiger partial charge in [-0.25, -0.2) is 4.98 Å². The van der Waals surface area contributed by atoms with Crippen LogP contribution in [0, 0.1) is 0 Å². The second-order valence-electron chi connectivity index (χ2n) is 4.35. The van der Waals surface area contributed by atoms with Crippen LogP contribution in [0.1, 0.15) is 18.7 Å². The number of hydrogen-bond acceptors (Lipinski definition) is 3. The van der Waals surface area contributed by atoms with Gasteiger partial charge in [0.05, 0.1) is 10.0 Å². The molecular formula is C12H12Cl2N2S. The largest absolute Gasteiger partial charge is 0.321 e. The fourth-order valence-corrected chi connectivity index (χ4v) is 3.08. The Morgan fingerprint density at radius 2 is 1.82 bits per heavy atom. The molecule has 2 N–H and O–H groups in total. The fraction of sp³-hybridized carbons (Fsp3) is 0.250. The van der Waals surface area contributed by atoms with E-state index in [0.717, 1.165) is 15.4 Å². The topological polar surface area (TPSA) is 38.9 Å². The standard InChI is InChI=1S/C12H12Cl2N2S/c1-12(2,15)9-6-16-11(17-9)10-7(13)4-3-5-8(10)14/h3-6H,15H2,1-2H3. The molecule has 17 heavy (non-hydrogen) atoms. The average Bonchev–Trinajstić information content (AvgIpc) is 2.65. The Morgan fingerprint density at radius 3 is 2.29 bits per heavy atom. The average molecular weight is 287 g/mol. The van der Waals surface area contributed by atoms with Gasteiger partial charge in [-0.05, 0) is 26.0 Å². The SMILES string of the molecule is CC(C)(N)c1cnc(-c2c(Cl)cccc2Cl)s1. The highest BCUT2D eigenvalue weighted by Crippen LogP contribution is 2.38. The monoisotopic (exact) mass is 286 g/mol. The van der Waals surface area contributed by atoms with Crippen LogP contribution < -0.4 is 5.73 Å². The lowest BCUT2D eigenvalue weighted by Crippen LogP contribution is -2.27. The van der Waals surface area contributed by atoms with Crippen LogP contribution in [0.15, 0.2) is 24.4 Å². The zero-order chi connectivity index (χ0) is 12.6. The van der Waals surface area contributed by atoms with Gasteiger partial charge in [0.25, 0.3) is 0 Å². The maximum Gasteiger partial charge on any atom is 0.126 e. The van der Waals surface area contributed by atoms with E-state index in [0.29, 0.717) is 10.0 Å². The van der Waals surface area contributed by atoms with E-state index < -0.39 is 5.54 Å². The van der Waals surface area contributed by atoms with E-state index in [1.165, 1.54) is 11.3 Å². The number of nitrogens with two attached hydrogens (primary N) is 1. The third kappa shape index (κ3) is 2.63. The van der Waals surface area contributed by atoms with Gasteiger partial charge in [-0.15, -0.1) is 11.3 Å². The second-order valence-corrected chi connectivity index (χ2v) is 6.19. The van der Waals surface area contributed by atoms with E-state index in [1.807, 2.05) is 19.9 Å². The van der Waals surface area contributed by atoms with Crippen molar-refractivity contribution in [3.8, 4) is 10.6 Å². The van der Waals surface area contributed by atoms with Gasteiger partial charge < -0.3 is 5.73 Å². The zero-order valence-corrected chi connectivity index (χ0v) is 11.8. The van der Waals surface area contributed by atoms with Crippen molar-refractivity contribution in [3.05, 3.63) is 39.3 Å². The molecule has 0 radical (unpaired) electrons. The summed E-state index contributed by atoms with van der Waals surface area (Å²) in [5.41, 5.74) is 6.40. The molecule has 0 amide bonds. The van der Waals surface area contributed by atoms with Crippen LogP contribution >= 0.6 is 34.5 Å². The van der Waals surface area contributed by atoms with Crippen molar-refractivity contribution in [3.63, 3.8) is 0 Å². The molecule has 0 bridgehead atoms. The third-order valence-corrected chi connectivity index (χ3v) is 4.30. The lowest BCUT2D eigenvalue weighted by atomic mass is 10.1. The molecule has 0 atom stereocenters. The van der Waals surface area contributed by atoms with Gasteiger partial charge in [0.2, 0.25) is 0 Å². The van der Waals surface area contributed by atoms with Crippen molar-refractivity contribution >= 4 is 34.5 Å². The summed E-state index contributed by atoms with van der Waals surface area (Å²) in [6, 6.07) is 5.42. The highest BCUT2D eigenvalue weighted by Gasteiger charge is 2.20. The first-order valence-corrected chi connectivity index (χ1v) is 6.66. The molecule has 0 aliphatic heterocycles. The van der Waals surface area contributed by atoms with Gasteiger partial charge in [0.1, 0.15) is 5.01 Å². The molecule has 0 unspecified atom stereocenters. The molecule has 90 valence electrons. The Morgan fingerprint density at radius 1 is 1.24 bits per heavy atom. The molecule has 1 heterocycles. The minimum absolute atomic E-state index is 0.399. The number of hydrogen-bond donors (Lipinski definition) is 1. The number of aromatic nitrogens is 1. The van der Waals surface area contributed by atoms with Crippen molar-refractivity contribution < 1.29 is 0 Å². The van der Waals surface area contributed by atoms with Crippen molar-refractivity contribution in [2.24, 2.45) is 5.73 Å². The van der Waals surface area contributed by atoms with Crippen molar-refractivity contribution in [2.75, 3.05) is 0 Å². The zero-order valence-electron chi connectivity index (χ0n) is 9.50. The second kappa shape index (κ2) is 4.58. The number of thiazole rings is 1. The molecule has 0 saturated carbocycles. The Hall–Kier alpha value is -0.610. The molecule has 1 aromatic carbocycles. The molecular weight excluding hydrogens is 275 g/mol. The van der Waals surface area contributed by atoms with E-state index in [1.54, 1.807) is 18.3 Å². The molecule has 2 rings (SSSR count). The number of rotatable bonds is 2. The normalized spacial score (nSPS) is 11.8. The first-order valence-electron chi connectivity index (χ1n) is 5.09. The van der Waals surface area contributed by atoms with Crippen LogP contribution in [0.5, 0.6) is 0 Å². The molecule has 1 aromatic heterocycles. The Bertz CT molecular complexity index is 523. The lowest BCUT2D eigenvalue weighted by Gasteiger charge is -2.14. The van der Waals surface area contributed by atoms with Crippen LogP contribution in [0.25, 0.3) is 10.6 Å². The Labute approximate surface area is 114 Å². The summed E-state index contributed by atoms with van der Waals surface area (Å²) in [5.74, 6) is 0. The molecule has 0 fully saturated rings. The van der Waals surface area contributed by atoms with Crippen LogP contribution in [-0.4, -0.2) is 4.98 Å². The first-order chi connectivity index (χ1) is 7.89. The summed E-state index contributed by atoms with van der Waals surface area (Å²) in [6.07, 6.45) is 1.78. The first kappa shape index (κ1) is 12.8. The van der Waals surface area contributed by atoms with Gasteiger partial charge in [0, 0.05) is 22.2 Å². The van der Waals surface area contributed by atoms with Gasteiger partial charge in [-0.2, -0.15) is 0 Å². The van der Waals surface area contributed by atoms with E-state index in [2.05, 4.69) is 4.98 Å². The van der Waals surface area contributed by atoms with E-state index in [-0.39, 0.29) is 0 Å². The van der Waals surface area contributed by atoms with Gasteiger partial charge in [-0.1, -0.05) is 29.3 Å². The summed E-state index contributed by atoms with van der Waals surface area (Å²) >= 11 is 13.8. The van der Waals surface area contributed by atoms with Crippen LogP contribution in [-0.2, 0) is 5.54 Å². The number of nitrogens with zero attached hydrogens (tertiary/aromatic N) is 1. The van der Waals surface area contributed by atoms with Gasteiger partial charge in [-0.3, -0.25) is 0 Å². The maximum atomic E-state index is 6.14. The predicted molar refractivity (Wildman–Crippen MR) is 74.8 cm³/mol. The van der Waals surface area contributed by atoms with E-state index in [9.17, 15) is 0 Å². The van der Waals surface area contributed by atoms with Crippen molar-refractivity contribution in [2.45, 2.75) is 19.4 Å². The summed E-state index contributed by atoms with van der Waals surface area (Å²) in [6.45, 7) is 3.89. The predicted octanol–water partition coefficient (Wildman–Crippen LogP) is 4.31. The van der Waals surface area contributed by atoms with Crippen LogP contribution in [0.3, 0.4) is 0 Å². The molecule has 0 saturated heterocycles. The third-order valence-electron chi connectivity index (χ3n) is 2.32. The Balaban J connectivity index is 2.51. The minimum atomic E-state index is -0.399. The van der Waals surface area contributed by atoms with Crippen LogP contribution in [0.4, 0.5) is 0 Å². The van der Waals surface area contributed by atoms with E-state index >= 15 is 0 Å². The van der Waals surface area contributed by atoms with Crippen LogP contribution in [0.2, 0.25) is 10.0 Å². The lowest BCUT2D eigenvalue weighted by molar-refractivity contribution is 0.566. The van der Waals surface area contributed by atoms with Crippen molar-refractivity contribution in [1.82, 2.24) is 4.98 Å². The highest BCUT2D eigenvalue weighted by atomic mass is 35.5. The van der Waals surface area contributed by atoms with Gasteiger partial charge >= 0.3 is 0 Å². The fourth-order valence-electron chi connectivity index (χ4n) is 1.39. The number of halogens is 2. The Kier molecular flexibility index (Phi) is 3.46. The van der Waals surface area contributed by atoms with Crippen molar-refractivity contribution in [1.29, 1.82) is 0 Å². The molecule has 2 aromatic rings. The molecule has 0 spiro atoms. The summed E-state index contributed by atoms with van der Waals surface area (Å²) in [5, 5.41) is 2.01. The highest BCUT2D eigenvalue weighted by molar-refractivity contribution is 7.15. The molecule has 5 heteroatoms. The van der Waals surface area contributed by atoms with E-state index in [4.69, 9.17) is 28.9 Å². The minimum Gasteiger partial charge on any atom is -0.321 e.